The number of ether oxygens (including phenoxy) is 2. The number of nitrogens with zero attached hydrogens (tertiary/aromatic N) is 1. The van der Waals surface area contributed by atoms with E-state index in [1.165, 1.54) is 33.4 Å². The number of rotatable bonds is 8. The maximum absolute atomic E-state index is 13.1. The summed E-state index contributed by atoms with van der Waals surface area (Å²) in [6, 6.07) is 18.6. The number of hydrogen-bond acceptors (Lipinski definition) is 5. The quantitative estimate of drug-likeness (QED) is 0.532. The molecular formula is C25H28N2O5S. The van der Waals surface area contributed by atoms with Gasteiger partial charge in [-0.15, -0.1) is 0 Å². The van der Waals surface area contributed by atoms with Crippen LogP contribution in [-0.4, -0.2) is 35.6 Å². The number of carbonyl (C=O) groups is 1. The van der Waals surface area contributed by atoms with Crippen molar-refractivity contribution in [3.05, 3.63) is 83.4 Å². The van der Waals surface area contributed by atoms with E-state index in [4.69, 9.17) is 9.47 Å². The fourth-order valence-electron chi connectivity index (χ4n) is 3.32. The Morgan fingerprint density at radius 1 is 0.909 bits per heavy atom. The molecule has 0 radical (unpaired) electrons. The standard InChI is InChI=1S/C25H28N2O5S/c1-17-6-8-19(9-7-17)18(2)26-25(28)20-10-12-21(13-11-20)27(3)33(29,30)22-14-15-23(31-4)24(16-22)32-5/h6-16,18H,1-5H3,(H,26,28)/t18-/m0/s1. The number of carbonyl (C=O) groups excluding carboxylic acids is 1. The van der Waals surface area contributed by atoms with E-state index in [0.717, 1.165) is 15.4 Å². The van der Waals surface area contributed by atoms with Gasteiger partial charge in [0.05, 0.1) is 30.8 Å². The van der Waals surface area contributed by atoms with Crippen molar-refractivity contribution in [3.63, 3.8) is 0 Å². The monoisotopic (exact) mass is 468 g/mol. The Morgan fingerprint density at radius 2 is 1.52 bits per heavy atom. The predicted molar refractivity (Wildman–Crippen MR) is 129 cm³/mol. The normalized spacial score (nSPS) is 12.0. The largest absolute Gasteiger partial charge is 0.493 e. The van der Waals surface area contributed by atoms with E-state index in [2.05, 4.69) is 5.32 Å². The molecule has 0 aliphatic heterocycles. The topological polar surface area (TPSA) is 84.9 Å². The van der Waals surface area contributed by atoms with Crippen molar-refractivity contribution < 1.29 is 22.7 Å². The summed E-state index contributed by atoms with van der Waals surface area (Å²) in [6.45, 7) is 3.93. The number of methoxy groups -OCH3 is 2. The van der Waals surface area contributed by atoms with Gasteiger partial charge >= 0.3 is 0 Å². The van der Waals surface area contributed by atoms with Crippen molar-refractivity contribution in [3.8, 4) is 11.5 Å². The van der Waals surface area contributed by atoms with Gasteiger partial charge in [0.1, 0.15) is 0 Å². The molecule has 1 atom stereocenters. The fraction of sp³-hybridized carbons (Fsp3) is 0.240. The van der Waals surface area contributed by atoms with E-state index in [9.17, 15) is 13.2 Å². The molecular weight excluding hydrogens is 440 g/mol. The first-order valence-corrected chi connectivity index (χ1v) is 11.8. The van der Waals surface area contributed by atoms with Crippen molar-refractivity contribution in [2.24, 2.45) is 0 Å². The Hall–Kier alpha value is -3.52. The lowest BCUT2D eigenvalue weighted by Gasteiger charge is -2.21. The van der Waals surface area contributed by atoms with Crippen LogP contribution in [0.15, 0.2) is 71.6 Å². The smallest absolute Gasteiger partial charge is 0.264 e. The number of benzene rings is 3. The van der Waals surface area contributed by atoms with Crippen molar-refractivity contribution in [2.75, 3.05) is 25.6 Å². The minimum Gasteiger partial charge on any atom is -0.493 e. The van der Waals surface area contributed by atoms with Crippen LogP contribution in [0.2, 0.25) is 0 Å². The third-order valence-electron chi connectivity index (χ3n) is 5.43. The second-order valence-corrected chi connectivity index (χ2v) is 9.61. The molecule has 1 amide bonds. The van der Waals surface area contributed by atoms with Crippen LogP contribution in [0, 0.1) is 6.92 Å². The van der Waals surface area contributed by atoms with Crippen LogP contribution in [0.1, 0.15) is 34.5 Å². The second-order valence-electron chi connectivity index (χ2n) is 7.64. The number of sulfonamides is 1. The van der Waals surface area contributed by atoms with E-state index in [-0.39, 0.29) is 16.8 Å². The molecule has 0 aliphatic rings. The zero-order valence-corrected chi connectivity index (χ0v) is 20.1. The lowest BCUT2D eigenvalue weighted by atomic mass is 10.1. The number of amides is 1. The van der Waals surface area contributed by atoms with Crippen LogP contribution < -0.4 is 19.1 Å². The zero-order chi connectivity index (χ0) is 24.2. The second kappa shape index (κ2) is 9.95. The SMILES string of the molecule is COc1ccc(S(=O)(=O)N(C)c2ccc(C(=O)N[C@@H](C)c3ccc(C)cc3)cc2)cc1OC. The van der Waals surface area contributed by atoms with Gasteiger partial charge in [-0.1, -0.05) is 29.8 Å². The average Bonchev–Trinajstić information content (AvgIpc) is 2.83. The van der Waals surface area contributed by atoms with Crippen molar-refractivity contribution in [1.82, 2.24) is 5.32 Å². The van der Waals surface area contributed by atoms with Crippen LogP contribution in [0.4, 0.5) is 5.69 Å². The number of anilines is 1. The van der Waals surface area contributed by atoms with Gasteiger partial charge in [-0.25, -0.2) is 8.42 Å². The van der Waals surface area contributed by atoms with Crippen LogP contribution >= 0.6 is 0 Å². The molecule has 0 heterocycles. The summed E-state index contributed by atoms with van der Waals surface area (Å²) in [5.41, 5.74) is 3.02. The Kier molecular flexibility index (Phi) is 7.28. The van der Waals surface area contributed by atoms with Gasteiger partial charge < -0.3 is 14.8 Å². The van der Waals surface area contributed by atoms with Gasteiger partial charge in [-0.3, -0.25) is 9.10 Å². The molecule has 3 aromatic rings. The van der Waals surface area contributed by atoms with Crippen molar-refractivity contribution in [1.29, 1.82) is 0 Å². The summed E-state index contributed by atoms with van der Waals surface area (Å²) in [6.07, 6.45) is 0. The van der Waals surface area contributed by atoms with Crippen molar-refractivity contribution in [2.45, 2.75) is 24.8 Å². The van der Waals surface area contributed by atoms with Gasteiger partial charge in [-0.05, 0) is 55.8 Å². The highest BCUT2D eigenvalue weighted by molar-refractivity contribution is 7.92. The first-order chi connectivity index (χ1) is 15.7. The lowest BCUT2D eigenvalue weighted by molar-refractivity contribution is 0.0940. The summed E-state index contributed by atoms with van der Waals surface area (Å²) in [5, 5.41) is 2.96. The molecule has 0 unspecified atom stereocenters. The van der Waals surface area contributed by atoms with Gasteiger partial charge in [0.25, 0.3) is 15.9 Å². The van der Waals surface area contributed by atoms with E-state index >= 15 is 0 Å². The summed E-state index contributed by atoms with van der Waals surface area (Å²) >= 11 is 0. The molecule has 7 nitrogen and oxygen atoms in total. The molecule has 0 aliphatic carbocycles. The number of nitrogens with one attached hydrogen (secondary N) is 1. The molecule has 0 fully saturated rings. The van der Waals surface area contributed by atoms with Crippen molar-refractivity contribution >= 4 is 21.6 Å². The van der Waals surface area contributed by atoms with Gasteiger partial charge in [-0.2, -0.15) is 0 Å². The molecule has 0 saturated carbocycles. The Balaban J connectivity index is 1.76. The Bertz CT molecular complexity index is 1220. The highest BCUT2D eigenvalue weighted by atomic mass is 32.2. The molecule has 0 saturated heterocycles. The lowest BCUT2D eigenvalue weighted by Crippen LogP contribution is -2.28. The predicted octanol–water partition coefficient (Wildman–Crippen LogP) is 4.33. The molecule has 3 rings (SSSR count). The van der Waals surface area contributed by atoms with Crippen LogP contribution in [0.3, 0.4) is 0 Å². The van der Waals surface area contributed by atoms with Crippen LogP contribution in [0.25, 0.3) is 0 Å². The molecule has 33 heavy (non-hydrogen) atoms. The number of aryl methyl sites for hydroxylation is 1. The van der Waals surface area contributed by atoms with Gasteiger partial charge in [0, 0.05) is 18.7 Å². The zero-order valence-electron chi connectivity index (χ0n) is 19.3. The highest BCUT2D eigenvalue weighted by Gasteiger charge is 2.23. The molecule has 1 N–H and O–H groups in total. The fourth-order valence-corrected chi connectivity index (χ4v) is 4.53. The average molecular weight is 469 g/mol. The summed E-state index contributed by atoms with van der Waals surface area (Å²) < 4.78 is 37.7. The van der Waals surface area contributed by atoms with E-state index in [1.54, 1.807) is 30.3 Å². The maximum atomic E-state index is 13.1. The van der Waals surface area contributed by atoms with E-state index in [0.29, 0.717) is 22.7 Å². The molecule has 174 valence electrons. The van der Waals surface area contributed by atoms with Gasteiger partial charge in [0.15, 0.2) is 11.5 Å². The molecule has 0 spiro atoms. The minimum absolute atomic E-state index is 0.0661. The Morgan fingerprint density at radius 3 is 2.09 bits per heavy atom. The van der Waals surface area contributed by atoms with Crippen LogP contribution in [-0.2, 0) is 10.0 Å². The van der Waals surface area contributed by atoms with E-state index < -0.39 is 10.0 Å². The summed E-state index contributed by atoms with van der Waals surface area (Å²) in [5.74, 6) is 0.524. The third-order valence-corrected chi connectivity index (χ3v) is 7.21. The molecule has 8 heteroatoms. The summed E-state index contributed by atoms with van der Waals surface area (Å²) in [4.78, 5) is 12.7. The maximum Gasteiger partial charge on any atom is 0.264 e. The van der Waals surface area contributed by atoms with Gasteiger partial charge in [0.2, 0.25) is 0 Å². The molecule has 0 bridgehead atoms. The molecule has 3 aromatic carbocycles. The first kappa shape index (κ1) is 24.1. The minimum atomic E-state index is -3.84. The third kappa shape index (κ3) is 5.28. The number of hydrogen-bond donors (Lipinski definition) is 1. The van der Waals surface area contributed by atoms with Crippen LogP contribution in [0.5, 0.6) is 11.5 Å². The first-order valence-electron chi connectivity index (χ1n) is 10.4. The molecule has 0 aromatic heterocycles. The highest BCUT2D eigenvalue weighted by Crippen LogP contribution is 2.31. The van der Waals surface area contributed by atoms with E-state index in [1.807, 2.05) is 38.1 Å². The Labute approximate surface area is 195 Å². The summed E-state index contributed by atoms with van der Waals surface area (Å²) in [7, 11) is 0.544.